The molecule has 0 amide bonds. The second kappa shape index (κ2) is 3.80. The molecular weight excluding hydrogens is 279 g/mol. The molecule has 1 rings (SSSR count). The van der Waals surface area contributed by atoms with E-state index in [1.807, 2.05) is 0 Å². The average Bonchev–Trinajstić information content (AvgIpc) is 2.06. The summed E-state index contributed by atoms with van der Waals surface area (Å²) in [6.07, 6.45) is -4.50. The lowest BCUT2D eigenvalue weighted by molar-refractivity contribution is -0.385. The van der Waals surface area contributed by atoms with Crippen molar-refractivity contribution in [3.8, 4) is 0 Å². The molecule has 0 spiro atoms. The fourth-order valence-corrected chi connectivity index (χ4v) is 1.61. The molecule has 7 heteroatoms. The molecule has 0 fully saturated rings. The fourth-order valence-electron chi connectivity index (χ4n) is 1.12. The van der Waals surface area contributed by atoms with Crippen LogP contribution < -0.4 is 0 Å². The quantitative estimate of drug-likeness (QED) is 0.583. The van der Waals surface area contributed by atoms with Crippen molar-refractivity contribution in [1.29, 1.82) is 0 Å². The SMILES string of the molecule is Cc1c(C(F)(F)F)ccc([N+](=O)[O-])c1Br. The highest BCUT2D eigenvalue weighted by Gasteiger charge is 2.34. The van der Waals surface area contributed by atoms with Gasteiger partial charge in [-0.1, -0.05) is 0 Å². The smallest absolute Gasteiger partial charge is 0.258 e. The summed E-state index contributed by atoms with van der Waals surface area (Å²) < 4.78 is 37.0. The van der Waals surface area contributed by atoms with Crippen molar-refractivity contribution in [2.24, 2.45) is 0 Å². The Bertz CT molecular complexity index is 417. The molecule has 0 aromatic heterocycles. The highest BCUT2D eigenvalue weighted by molar-refractivity contribution is 9.10. The van der Waals surface area contributed by atoms with Crippen molar-refractivity contribution in [3.05, 3.63) is 37.8 Å². The van der Waals surface area contributed by atoms with Gasteiger partial charge in [0.15, 0.2) is 0 Å². The summed E-state index contributed by atoms with van der Waals surface area (Å²) in [5, 5.41) is 10.4. The lowest BCUT2D eigenvalue weighted by atomic mass is 10.1. The van der Waals surface area contributed by atoms with Crippen molar-refractivity contribution >= 4 is 21.6 Å². The summed E-state index contributed by atoms with van der Waals surface area (Å²) >= 11 is 2.78. The van der Waals surface area contributed by atoms with Crippen LogP contribution in [0.15, 0.2) is 16.6 Å². The van der Waals surface area contributed by atoms with Gasteiger partial charge in [0.2, 0.25) is 0 Å². The maximum absolute atomic E-state index is 12.4. The Balaban J connectivity index is 3.41. The number of nitrogens with zero attached hydrogens (tertiary/aromatic N) is 1. The molecule has 15 heavy (non-hydrogen) atoms. The summed E-state index contributed by atoms with van der Waals surface area (Å²) in [5.74, 6) is 0. The third kappa shape index (κ3) is 2.28. The van der Waals surface area contributed by atoms with Crippen LogP contribution in [0.25, 0.3) is 0 Å². The first kappa shape index (κ1) is 12.0. The van der Waals surface area contributed by atoms with Gasteiger partial charge in [-0.25, -0.2) is 0 Å². The van der Waals surface area contributed by atoms with Crippen molar-refractivity contribution in [2.45, 2.75) is 13.1 Å². The lowest BCUT2D eigenvalue weighted by Crippen LogP contribution is -2.08. The molecule has 0 atom stereocenters. The van der Waals surface area contributed by atoms with E-state index < -0.39 is 16.7 Å². The minimum Gasteiger partial charge on any atom is -0.258 e. The number of nitro groups is 1. The number of rotatable bonds is 1. The Morgan fingerprint density at radius 1 is 1.40 bits per heavy atom. The van der Waals surface area contributed by atoms with Crippen molar-refractivity contribution < 1.29 is 18.1 Å². The van der Waals surface area contributed by atoms with Crippen LogP contribution in [-0.4, -0.2) is 4.92 Å². The van der Waals surface area contributed by atoms with E-state index in [1.165, 1.54) is 6.92 Å². The summed E-state index contributed by atoms with van der Waals surface area (Å²) in [5.41, 5.74) is -1.43. The minimum atomic E-state index is -4.50. The molecule has 0 radical (unpaired) electrons. The Hall–Kier alpha value is -1.11. The van der Waals surface area contributed by atoms with E-state index in [1.54, 1.807) is 0 Å². The van der Waals surface area contributed by atoms with Gasteiger partial charge < -0.3 is 0 Å². The van der Waals surface area contributed by atoms with E-state index >= 15 is 0 Å². The van der Waals surface area contributed by atoms with Crippen LogP contribution in [0.2, 0.25) is 0 Å². The van der Waals surface area contributed by atoms with Gasteiger partial charge in [-0.2, -0.15) is 13.2 Å². The monoisotopic (exact) mass is 283 g/mol. The third-order valence-corrected chi connectivity index (χ3v) is 2.87. The van der Waals surface area contributed by atoms with Gasteiger partial charge >= 0.3 is 6.18 Å². The molecule has 0 saturated heterocycles. The van der Waals surface area contributed by atoms with Crippen LogP contribution in [0, 0.1) is 17.0 Å². The Labute approximate surface area is 91.2 Å². The summed E-state index contributed by atoms with van der Waals surface area (Å²) in [6.45, 7) is 1.18. The van der Waals surface area contributed by atoms with E-state index in [-0.39, 0.29) is 15.7 Å². The summed E-state index contributed by atoms with van der Waals surface area (Å²) in [7, 11) is 0. The molecule has 0 aliphatic heterocycles. The van der Waals surface area contributed by atoms with Gasteiger partial charge in [0.05, 0.1) is 15.0 Å². The molecule has 1 aromatic rings. The second-order valence-corrected chi connectivity index (χ2v) is 3.62. The number of nitro benzene ring substituents is 1. The molecular formula is C8H5BrF3NO2. The molecule has 3 nitrogen and oxygen atoms in total. The van der Waals surface area contributed by atoms with Gasteiger partial charge in [-0.05, 0) is 34.5 Å². The van der Waals surface area contributed by atoms with Crippen LogP contribution in [0.3, 0.4) is 0 Å². The number of hydrogen-bond donors (Lipinski definition) is 0. The molecule has 0 unspecified atom stereocenters. The van der Waals surface area contributed by atoms with Crippen LogP contribution in [0.1, 0.15) is 11.1 Å². The highest BCUT2D eigenvalue weighted by Crippen LogP contribution is 2.38. The number of halogens is 4. The van der Waals surface area contributed by atoms with Gasteiger partial charge in [0.1, 0.15) is 0 Å². The minimum absolute atomic E-state index is 0.137. The number of alkyl halides is 3. The van der Waals surface area contributed by atoms with E-state index in [2.05, 4.69) is 15.9 Å². The molecule has 0 aliphatic carbocycles. The molecule has 0 bridgehead atoms. The van der Waals surface area contributed by atoms with E-state index in [4.69, 9.17) is 0 Å². The molecule has 0 aliphatic rings. The predicted octanol–water partition coefficient (Wildman–Crippen LogP) is 3.68. The average molecular weight is 284 g/mol. The van der Waals surface area contributed by atoms with Crippen LogP contribution >= 0.6 is 15.9 Å². The molecule has 82 valence electrons. The molecule has 0 N–H and O–H groups in total. The van der Waals surface area contributed by atoms with Gasteiger partial charge in [-0.15, -0.1) is 0 Å². The van der Waals surface area contributed by atoms with Gasteiger partial charge in [0, 0.05) is 6.07 Å². The second-order valence-electron chi connectivity index (χ2n) is 2.83. The summed E-state index contributed by atoms with van der Waals surface area (Å²) in [4.78, 5) is 9.69. The van der Waals surface area contributed by atoms with E-state index in [9.17, 15) is 23.3 Å². The van der Waals surface area contributed by atoms with Crippen molar-refractivity contribution in [3.63, 3.8) is 0 Å². The van der Waals surface area contributed by atoms with E-state index in [0.29, 0.717) is 6.07 Å². The van der Waals surface area contributed by atoms with Gasteiger partial charge in [-0.3, -0.25) is 10.1 Å². The fraction of sp³-hybridized carbons (Fsp3) is 0.250. The Kier molecular flexibility index (Phi) is 3.03. The molecule has 1 aromatic carbocycles. The first-order valence-electron chi connectivity index (χ1n) is 3.76. The number of hydrogen-bond acceptors (Lipinski definition) is 2. The maximum Gasteiger partial charge on any atom is 0.416 e. The Morgan fingerprint density at radius 2 is 1.93 bits per heavy atom. The zero-order valence-electron chi connectivity index (χ0n) is 7.43. The first-order valence-corrected chi connectivity index (χ1v) is 4.55. The van der Waals surface area contributed by atoms with Crippen molar-refractivity contribution in [2.75, 3.05) is 0 Å². The highest BCUT2D eigenvalue weighted by atomic mass is 79.9. The first-order chi connectivity index (χ1) is 6.75. The maximum atomic E-state index is 12.4. The predicted molar refractivity (Wildman–Crippen MR) is 50.5 cm³/mol. The van der Waals surface area contributed by atoms with Gasteiger partial charge in [0.25, 0.3) is 5.69 Å². The normalized spacial score (nSPS) is 11.5. The Morgan fingerprint density at radius 3 is 2.33 bits per heavy atom. The summed E-state index contributed by atoms with van der Waals surface area (Å²) in [6, 6.07) is 1.54. The topological polar surface area (TPSA) is 43.1 Å². The number of benzene rings is 1. The zero-order chi connectivity index (χ0) is 11.8. The van der Waals surface area contributed by atoms with Crippen LogP contribution in [0.4, 0.5) is 18.9 Å². The van der Waals surface area contributed by atoms with Crippen molar-refractivity contribution in [1.82, 2.24) is 0 Å². The largest absolute Gasteiger partial charge is 0.416 e. The molecule has 0 heterocycles. The van der Waals surface area contributed by atoms with Crippen LogP contribution in [0.5, 0.6) is 0 Å². The van der Waals surface area contributed by atoms with Crippen LogP contribution in [-0.2, 0) is 6.18 Å². The zero-order valence-corrected chi connectivity index (χ0v) is 9.02. The van der Waals surface area contributed by atoms with E-state index in [0.717, 1.165) is 6.07 Å². The lowest BCUT2D eigenvalue weighted by Gasteiger charge is -2.10. The third-order valence-electron chi connectivity index (χ3n) is 1.87. The molecule has 0 saturated carbocycles. The standard InChI is InChI=1S/C8H5BrF3NO2/c1-4-5(8(10,11)12)2-3-6(7(4)9)13(14)15/h2-3H,1H3.